The number of hydrogen-bond donors (Lipinski definition) is 1. The molecule has 0 aliphatic carbocycles. The van der Waals surface area contributed by atoms with Crippen molar-refractivity contribution in [1.82, 2.24) is 9.78 Å². The fourth-order valence-corrected chi connectivity index (χ4v) is 2.33. The number of nitrogens with zero attached hydrogens (tertiary/aromatic N) is 2. The van der Waals surface area contributed by atoms with E-state index in [1.807, 2.05) is 26.4 Å². The van der Waals surface area contributed by atoms with Gasteiger partial charge >= 0.3 is 0 Å². The van der Waals surface area contributed by atoms with Crippen LogP contribution in [0, 0.1) is 20.8 Å². The van der Waals surface area contributed by atoms with Crippen molar-refractivity contribution in [2.24, 2.45) is 12.8 Å². The highest BCUT2D eigenvalue weighted by molar-refractivity contribution is 5.42. The van der Waals surface area contributed by atoms with E-state index in [1.54, 1.807) is 4.68 Å². The van der Waals surface area contributed by atoms with Crippen LogP contribution in [0.2, 0.25) is 0 Å². The SMILES string of the molecule is Cc1cc(C)c(C)c(OC(c2cnn(C)c2)C(C)N)c1. The van der Waals surface area contributed by atoms with Crippen LogP contribution in [0.25, 0.3) is 0 Å². The predicted molar refractivity (Wildman–Crippen MR) is 80.9 cm³/mol. The van der Waals surface area contributed by atoms with Crippen LogP contribution in [0.5, 0.6) is 5.75 Å². The summed E-state index contributed by atoms with van der Waals surface area (Å²) in [5, 5.41) is 4.20. The number of nitrogens with two attached hydrogens (primary N) is 1. The van der Waals surface area contributed by atoms with Crippen molar-refractivity contribution >= 4 is 0 Å². The van der Waals surface area contributed by atoms with Crippen molar-refractivity contribution < 1.29 is 4.74 Å². The predicted octanol–water partition coefficient (Wildman–Crippen LogP) is 2.81. The third kappa shape index (κ3) is 3.02. The molecule has 0 radical (unpaired) electrons. The molecule has 0 amide bonds. The Kier molecular flexibility index (Phi) is 4.14. The van der Waals surface area contributed by atoms with Gasteiger partial charge in [-0.05, 0) is 50.5 Å². The fraction of sp³-hybridized carbons (Fsp3) is 0.438. The number of ether oxygens (including phenoxy) is 1. The van der Waals surface area contributed by atoms with Crippen molar-refractivity contribution in [2.45, 2.75) is 39.8 Å². The molecule has 1 aromatic heterocycles. The minimum atomic E-state index is -0.191. The first kappa shape index (κ1) is 14.6. The Labute approximate surface area is 120 Å². The summed E-state index contributed by atoms with van der Waals surface area (Å²) in [4.78, 5) is 0. The molecule has 2 unspecified atom stereocenters. The smallest absolute Gasteiger partial charge is 0.141 e. The first-order chi connectivity index (χ1) is 9.38. The van der Waals surface area contributed by atoms with Crippen molar-refractivity contribution in [2.75, 3.05) is 0 Å². The molecule has 20 heavy (non-hydrogen) atoms. The molecule has 0 aliphatic heterocycles. The van der Waals surface area contributed by atoms with E-state index in [9.17, 15) is 0 Å². The van der Waals surface area contributed by atoms with Gasteiger partial charge in [-0.3, -0.25) is 4.68 Å². The molecule has 0 bridgehead atoms. The van der Waals surface area contributed by atoms with Crippen LogP contribution in [0.3, 0.4) is 0 Å². The Morgan fingerprint density at radius 2 is 1.95 bits per heavy atom. The van der Waals surface area contributed by atoms with Crippen LogP contribution in [-0.2, 0) is 7.05 Å². The molecule has 1 aromatic carbocycles. The van der Waals surface area contributed by atoms with Crippen molar-refractivity contribution in [3.05, 3.63) is 46.8 Å². The Hall–Kier alpha value is -1.81. The van der Waals surface area contributed by atoms with Gasteiger partial charge in [-0.1, -0.05) is 6.07 Å². The highest BCUT2D eigenvalue weighted by Gasteiger charge is 2.21. The Morgan fingerprint density at radius 1 is 1.25 bits per heavy atom. The minimum Gasteiger partial charge on any atom is -0.484 e. The Balaban J connectivity index is 2.34. The van der Waals surface area contributed by atoms with Gasteiger partial charge in [0.1, 0.15) is 11.9 Å². The van der Waals surface area contributed by atoms with Gasteiger partial charge in [0.05, 0.1) is 6.20 Å². The van der Waals surface area contributed by atoms with Crippen LogP contribution < -0.4 is 10.5 Å². The first-order valence-corrected chi connectivity index (χ1v) is 6.87. The molecule has 1 heterocycles. The standard InChI is InChI=1S/C16H23N3O/c1-10-6-11(2)12(3)15(7-10)20-16(13(4)17)14-8-18-19(5)9-14/h6-9,13,16H,17H2,1-5H3. The van der Waals surface area contributed by atoms with Gasteiger partial charge in [0.2, 0.25) is 0 Å². The molecule has 4 nitrogen and oxygen atoms in total. The van der Waals surface area contributed by atoms with E-state index in [0.717, 1.165) is 16.9 Å². The van der Waals surface area contributed by atoms with E-state index in [2.05, 4.69) is 38.0 Å². The molecule has 0 saturated carbocycles. The first-order valence-electron chi connectivity index (χ1n) is 6.87. The molecule has 0 aliphatic rings. The summed E-state index contributed by atoms with van der Waals surface area (Å²) in [6.07, 6.45) is 3.57. The summed E-state index contributed by atoms with van der Waals surface area (Å²) in [7, 11) is 1.89. The maximum absolute atomic E-state index is 6.19. The molecule has 2 aromatic rings. The highest BCUT2D eigenvalue weighted by atomic mass is 16.5. The fourth-order valence-electron chi connectivity index (χ4n) is 2.33. The maximum Gasteiger partial charge on any atom is 0.141 e. The average molecular weight is 273 g/mol. The van der Waals surface area contributed by atoms with E-state index < -0.39 is 0 Å². The van der Waals surface area contributed by atoms with Gasteiger partial charge in [-0.15, -0.1) is 0 Å². The normalized spacial score (nSPS) is 14.1. The molecule has 2 rings (SSSR count). The summed E-state index contributed by atoms with van der Waals surface area (Å²) >= 11 is 0. The van der Waals surface area contributed by atoms with Crippen LogP contribution >= 0.6 is 0 Å². The summed E-state index contributed by atoms with van der Waals surface area (Å²) in [5.41, 5.74) is 10.7. The third-order valence-electron chi connectivity index (χ3n) is 3.55. The number of aryl methyl sites for hydroxylation is 3. The maximum atomic E-state index is 6.19. The molecular formula is C16H23N3O. The number of benzene rings is 1. The van der Waals surface area contributed by atoms with E-state index in [-0.39, 0.29) is 12.1 Å². The lowest BCUT2D eigenvalue weighted by atomic mass is 10.0. The molecular weight excluding hydrogens is 250 g/mol. The van der Waals surface area contributed by atoms with E-state index in [4.69, 9.17) is 10.5 Å². The Morgan fingerprint density at radius 3 is 2.50 bits per heavy atom. The molecule has 108 valence electrons. The molecule has 0 fully saturated rings. The highest BCUT2D eigenvalue weighted by Crippen LogP contribution is 2.29. The number of hydrogen-bond acceptors (Lipinski definition) is 3. The van der Waals surface area contributed by atoms with Gasteiger partial charge in [0, 0.05) is 24.8 Å². The van der Waals surface area contributed by atoms with Crippen molar-refractivity contribution in [3.8, 4) is 5.75 Å². The minimum absolute atomic E-state index is 0.112. The van der Waals surface area contributed by atoms with Crippen LogP contribution in [0.1, 0.15) is 35.3 Å². The summed E-state index contributed by atoms with van der Waals surface area (Å²) in [6.45, 7) is 8.20. The topological polar surface area (TPSA) is 53.1 Å². The molecule has 2 N–H and O–H groups in total. The quantitative estimate of drug-likeness (QED) is 0.932. The average Bonchev–Trinajstić information content (AvgIpc) is 2.77. The van der Waals surface area contributed by atoms with Gasteiger partial charge < -0.3 is 10.5 Å². The van der Waals surface area contributed by atoms with E-state index >= 15 is 0 Å². The lowest BCUT2D eigenvalue weighted by Gasteiger charge is -2.23. The van der Waals surface area contributed by atoms with Crippen molar-refractivity contribution in [3.63, 3.8) is 0 Å². The number of rotatable bonds is 4. The lowest BCUT2D eigenvalue weighted by molar-refractivity contribution is 0.179. The molecule has 0 spiro atoms. The van der Waals surface area contributed by atoms with Gasteiger partial charge in [0.25, 0.3) is 0 Å². The van der Waals surface area contributed by atoms with Gasteiger partial charge in [-0.2, -0.15) is 5.10 Å². The zero-order chi connectivity index (χ0) is 14.9. The van der Waals surface area contributed by atoms with Gasteiger partial charge in [0.15, 0.2) is 0 Å². The summed E-state index contributed by atoms with van der Waals surface area (Å²) in [5.74, 6) is 0.897. The second-order valence-electron chi connectivity index (χ2n) is 5.55. The zero-order valence-electron chi connectivity index (χ0n) is 12.8. The molecule has 0 saturated heterocycles. The van der Waals surface area contributed by atoms with E-state index in [0.29, 0.717) is 0 Å². The van der Waals surface area contributed by atoms with E-state index in [1.165, 1.54) is 11.1 Å². The summed E-state index contributed by atoms with van der Waals surface area (Å²) in [6, 6.07) is 4.11. The molecule has 2 atom stereocenters. The van der Waals surface area contributed by atoms with Gasteiger partial charge in [-0.25, -0.2) is 0 Å². The van der Waals surface area contributed by atoms with Crippen LogP contribution in [-0.4, -0.2) is 15.8 Å². The van der Waals surface area contributed by atoms with Crippen molar-refractivity contribution in [1.29, 1.82) is 0 Å². The third-order valence-corrected chi connectivity index (χ3v) is 3.55. The second-order valence-corrected chi connectivity index (χ2v) is 5.55. The zero-order valence-corrected chi connectivity index (χ0v) is 12.8. The largest absolute Gasteiger partial charge is 0.484 e. The van der Waals surface area contributed by atoms with Crippen LogP contribution in [0.15, 0.2) is 24.5 Å². The van der Waals surface area contributed by atoms with Crippen LogP contribution in [0.4, 0.5) is 0 Å². The summed E-state index contributed by atoms with van der Waals surface area (Å²) < 4.78 is 7.96. The second kappa shape index (κ2) is 5.67. The Bertz CT molecular complexity index is 602. The number of aromatic nitrogens is 2. The molecule has 4 heteroatoms. The lowest BCUT2D eigenvalue weighted by Crippen LogP contribution is -2.29. The monoisotopic (exact) mass is 273 g/mol.